The number of carbonyl (C=O) groups is 1. The summed E-state index contributed by atoms with van der Waals surface area (Å²) in [6, 6.07) is 14.2. The number of para-hydroxylation sites is 1. The van der Waals surface area contributed by atoms with E-state index in [1.165, 1.54) is 12.1 Å². The summed E-state index contributed by atoms with van der Waals surface area (Å²) in [5.41, 5.74) is 1.54. The Morgan fingerprint density at radius 1 is 1.00 bits per heavy atom. The van der Waals surface area contributed by atoms with Gasteiger partial charge in [0.15, 0.2) is 0 Å². The minimum absolute atomic E-state index is 0.146. The Kier molecular flexibility index (Phi) is 5.06. The maximum absolute atomic E-state index is 12.5. The smallest absolute Gasteiger partial charge is 0.352 e. The topological polar surface area (TPSA) is 46.9 Å². The molecule has 1 N–H and O–H groups in total. The molecule has 1 heterocycles. The first-order valence-corrected chi connectivity index (χ1v) is 7.93. The van der Waals surface area contributed by atoms with Crippen LogP contribution in [0.1, 0.15) is 16.7 Å². The van der Waals surface area contributed by atoms with Crippen molar-refractivity contribution in [3.05, 3.63) is 83.7 Å². The van der Waals surface area contributed by atoms with E-state index >= 15 is 0 Å². The molecule has 4 nitrogen and oxygen atoms in total. The van der Waals surface area contributed by atoms with Crippen molar-refractivity contribution >= 4 is 5.91 Å². The lowest BCUT2D eigenvalue weighted by molar-refractivity contribution is -0.137. The summed E-state index contributed by atoms with van der Waals surface area (Å²) in [7, 11) is 0. The highest BCUT2D eigenvalue weighted by Gasteiger charge is 2.29. The van der Waals surface area contributed by atoms with Gasteiger partial charge in [0.2, 0.25) is 5.91 Å². The fraction of sp³-hybridized carbons (Fsp3) is 0.158. The van der Waals surface area contributed by atoms with E-state index in [4.69, 9.17) is 0 Å². The molecule has 7 heteroatoms. The summed E-state index contributed by atoms with van der Waals surface area (Å²) >= 11 is 0. The molecule has 1 amide bonds. The summed E-state index contributed by atoms with van der Waals surface area (Å²) in [5.74, 6) is -0.225. The number of alkyl halides is 3. The lowest BCUT2D eigenvalue weighted by atomic mass is 10.1. The summed E-state index contributed by atoms with van der Waals surface area (Å²) in [6.07, 6.45) is -0.827. The molecule has 3 aromatic rings. The molecule has 0 unspecified atom stereocenters. The van der Waals surface area contributed by atoms with Gasteiger partial charge in [-0.25, -0.2) is 4.68 Å². The molecule has 0 spiro atoms. The Bertz CT molecular complexity index is 871. The van der Waals surface area contributed by atoms with Gasteiger partial charge in [-0.2, -0.15) is 18.3 Å². The van der Waals surface area contributed by atoms with Gasteiger partial charge in [0.05, 0.1) is 23.9 Å². The number of carbonyl (C=O) groups excluding carboxylic acids is 1. The van der Waals surface area contributed by atoms with Crippen LogP contribution in [0.4, 0.5) is 13.2 Å². The third-order valence-corrected chi connectivity index (χ3v) is 3.79. The van der Waals surface area contributed by atoms with E-state index in [-0.39, 0.29) is 18.9 Å². The first kappa shape index (κ1) is 17.7. The van der Waals surface area contributed by atoms with Gasteiger partial charge in [0.25, 0.3) is 0 Å². The Morgan fingerprint density at radius 3 is 2.35 bits per heavy atom. The lowest BCUT2D eigenvalue weighted by Crippen LogP contribution is -2.24. The molecule has 0 atom stereocenters. The van der Waals surface area contributed by atoms with Crippen molar-refractivity contribution in [3.63, 3.8) is 0 Å². The quantitative estimate of drug-likeness (QED) is 0.754. The second-order valence-corrected chi connectivity index (χ2v) is 5.78. The Morgan fingerprint density at radius 2 is 1.69 bits per heavy atom. The van der Waals surface area contributed by atoms with E-state index < -0.39 is 11.7 Å². The summed E-state index contributed by atoms with van der Waals surface area (Å²) < 4.78 is 39.2. The van der Waals surface area contributed by atoms with Crippen molar-refractivity contribution in [1.82, 2.24) is 15.1 Å². The van der Waals surface area contributed by atoms with E-state index in [2.05, 4.69) is 10.4 Å². The van der Waals surface area contributed by atoms with Gasteiger partial charge >= 0.3 is 6.18 Å². The Labute approximate surface area is 148 Å². The number of amides is 1. The van der Waals surface area contributed by atoms with Crippen LogP contribution in [0.15, 0.2) is 67.0 Å². The zero-order chi connectivity index (χ0) is 18.6. The highest BCUT2D eigenvalue weighted by molar-refractivity contribution is 5.78. The van der Waals surface area contributed by atoms with Crippen LogP contribution in [0, 0.1) is 0 Å². The van der Waals surface area contributed by atoms with Crippen molar-refractivity contribution in [1.29, 1.82) is 0 Å². The van der Waals surface area contributed by atoms with Crippen LogP contribution in [0.2, 0.25) is 0 Å². The molecule has 0 saturated carbocycles. The minimum atomic E-state index is -4.36. The molecule has 0 aliphatic heterocycles. The summed E-state index contributed by atoms with van der Waals surface area (Å²) in [5, 5.41) is 6.92. The molecule has 3 rings (SSSR count). The van der Waals surface area contributed by atoms with Crippen molar-refractivity contribution in [2.75, 3.05) is 0 Å². The average molecular weight is 359 g/mol. The zero-order valence-electron chi connectivity index (χ0n) is 13.7. The van der Waals surface area contributed by atoms with Crippen molar-refractivity contribution in [2.24, 2.45) is 0 Å². The van der Waals surface area contributed by atoms with Crippen molar-refractivity contribution in [3.8, 4) is 5.69 Å². The van der Waals surface area contributed by atoms with Crippen LogP contribution < -0.4 is 5.32 Å². The molecule has 0 fully saturated rings. The first-order chi connectivity index (χ1) is 12.4. The molecule has 0 bridgehead atoms. The van der Waals surface area contributed by atoms with Crippen LogP contribution in [0.25, 0.3) is 5.69 Å². The molecular formula is C19H16F3N3O. The van der Waals surface area contributed by atoms with Gasteiger partial charge in [-0.1, -0.05) is 30.3 Å². The lowest BCUT2D eigenvalue weighted by Gasteiger charge is -2.08. The van der Waals surface area contributed by atoms with Gasteiger partial charge in [-0.3, -0.25) is 4.79 Å². The number of rotatable bonds is 5. The molecule has 0 radical (unpaired) electrons. The highest BCUT2D eigenvalue weighted by Crippen LogP contribution is 2.29. The molecule has 0 aliphatic carbocycles. The molecular weight excluding hydrogens is 343 g/mol. The number of aromatic nitrogens is 2. The first-order valence-electron chi connectivity index (χ1n) is 7.93. The standard InChI is InChI=1S/C19H16F3N3O/c20-19(21,22)16-8-6-14(7-9-16)11-23-18(26)10-15-12-24-25(13-15)17-4-2-1-3-5-17/h1-9,12-13H,10-11H2,(H,23,26). The van der Waals surface area contributed by atoms with Crippen LogP contribution >= 0.6 is 0 Å². The molecule has 26 heavy (non-hydrogen) atoms. The Hall–Kier alpha value is -3.09. The predicted molar refractivity (Wildman–Crippen MR) is 90.6 cm³/mol. The fourth-order valence-electron chi connectivity index (χ4n) is 2.43. The number of hydrogen-bond donors (Lipinski definition) is 1. The van der Waals surface area contributed by atoms with Gasteiger partial charge < -0.3 is 5.32 Å². The normalized spacial score (nSPS) is 11.3. The molecule has 0 aliphatic rings. The zero-order valence-corrected chi connectivity index (χ0v) is 13.7. The van der Waals surface area contributed by atoms with Crippen LogP contribution in [-0.4, -0.2) is 15.7 Å². The van der Waals surface area contributed by atoms with E-state index in [9.17, 15) is 18.0 Å². The maximum atomic E-state index is 12.5. The third kappa shape index (κ3) is 4.50. The van der Waals surface area contributed by atoms with Crippen molar-refractivity contribution < 1.29 is 18.0 Å². The van der Waals surface area contributed by atoms with Gasteiger partial charge in [-0.05, 0) is 35.4 Å². The minimum Gasteiger partial charge on any atom is -0.352 e. The van der Waals surface area contributed by atoms with E-state index in [0.717, 1.165) is 23.4 Å². The average Bonchev–Trinajstić information content (AvgIpc) is 3.09. The fourth-order valence-corrected chi connectivity index (χ4v) is 2.43. The van der Waals surface area contributed by atoms with Crippen LogP contribution in [0.3, 0.4) is 0 Å². The third-order valence-electron chi connectivity index (χ3n) is 3.79. The summed E-state index contributed by atoms with van der Waals surface area (Å²) in [4.78, 5) is 12.0. The monoisotopic (exact) mass is 359 g/mol. The molecule has 1 aromatic heterocycles. The van der Waals surface area contributed by atoms with Gasteiger partial charge in [0.1, 0.15) is 0 Å². The van der Waals surface area contributed by atoms with Gasteiger partial charge in [0, 0.05) is 12.7 Å². The second kappa shape index (κ2) is 7.43. The van der Waals surface area contributed by atoms with Crippen LogP contribution in [0.5, 0.6) is 0 Å². The predicted octanol–water partition coefficient (Wildman–Crippen LogP) is 3.75. The number of hydrogen-bond acceptors (Lipinski definition) is 2. The second-order valence-electron chi connectivity index (χ2n) is 5.78. The van der Waals surface area contributed by atoms with Crippen LogP contribution in [-0.2, 0) is 23.9 Å². The Balaban J connectivity index is 1.54. The van der Waals surface area contributed by atoms with Crippen molar-refractivity contribution in [2.45, 2.75) is 19.1 Å². The number of benzene rings is 2. The highest BCUT2D eigenvalue weighted by atomic mass is 19.4. The summed E-state index contributed by atoms with van der Waals surface area (Å²) in [6.45, 7) is 0.170. The molecule has 0 saturated heterocycles. The molecule has 2 aromatic carbocycles. The SMILES string of the molecule is O=C(Cc1cnn(-c2ccccc2)c1)NCc1ccc(C(F)(F)F)cc1. The van der Waals surface area contributed by atoms with E-state index in [0.29, 0.717) is 5.56 Å². The van der Waals surface area contributed by atoms with Gasteiger partial charge in [-0.15, -0.1) is 0 Å². The number of halogens is 3. The number of nitrogens with zero attached hydrogens (tertiary/aromatic N) is 2. The number of nitrogens with one attached hydrogen (secondary N) is 1. The molecule has 134 valence electrons. The van der Waals surface area contributed by atoms with E-state index in [1.807, 2.05) is 30.3 Å². The maximum Gasteiger partial charge on any atom is 0.416 e. The largest absolute Gasteiger partial charge is 0.416 e. The van der Waals surface area contributed by atoms with E-state index in [1.54, 1.807) is 17.1 Å².